The van der Waals surface area contributed by atoms with Gasteiger partial charge in [-0.25, -0.2) is 4.79 Å². The Morgan fingerprint density at radius 1 is 1.26 bits per heavy atom. The fourth-order valence-electron chi connectivity index (χ4n) is 2.03. The molecular formula is C15H23NO3. The lowest BCUT2D eigenvalue weighted by Gasteiger charge is -2.21. The van der Waals surface area contributed by atoms with Crippen molar-refractivity contribution in [2.75, 3.05) is 27.3 Å². The van der Waals surface area contributed by atoms with Gasteiger partial charge in [-0.15, -0.1) is 0 Å². The van der Waals surface area contributed by atoms with Crippen LogP contribution in [0.3, 0.4) is 0 Å². The fourth-order valence-corrected chi connectivity index (χ4v) is 2.03. The van der Waals surface area contributed by atoms with Crippen molar-refractivity contribution in [3.63, 3.8) is 0 Å². The molecule has 0 aliphatic carbocycles. The Morgan fingerprint density at radius 2 is 2.00 bits per heavy atom. The van der Waals surface area contributed by atoms with Crippen molar-refractivity contribution in [2.24, 2.45) is 0 Å². The van der Waals surface area contributed by atoms with Crippen LogP contribution in [0.15, 0.2) is 18.2 Å². The molecule has 4 nitrogen and oxygen atoms in total. The second kappa shape index (κ2) is 7.79. The van der Waals surface area contributed by atoms with Crippen LogP contribution in [0.2, 0.25) is 0 Å². The van der Waals surface area contributed by atoms with Gasteiger partial charge in [0.1, 0.15) is 5.75 Å². The summed E-state index contributed by atoms with van der Waals surface area (Å²) in [4.78, 5) is 13.8. The van der Waals surface area contributed by atoms with Crippen molar-refractivity contribution in [1.29, 1.82) is 0 Å². The zero-order valence-electron chi connectivity index (χ0n) is 12.2. The van der Waals surface area contributed by atoms with Gasteiger partial charge in [-0.05, 0) is 31.6 Å². The number of methoxy groups -OCH3 is 2. The molecule has 0 N–H and O–H groups in total. The van der Waals surface area contributed by atoms with Gasteiger partial charge in [-0.3, -0.25) is 4.90 Å². The topological polar surface area (TPSA) is 38.8 Å². The molecule has 0 spiro atoms. The van der Waals surface area contributed by atoms with Gasteiger partial charge in [0.05, 0.1) is 19.8 Å². The number of esters is 1. The van der Waals surface area contributed by atoms with E-state index in [4.69, 9.17) is 9.47 Å². The minimum Gasteiger partial charge on any atom is -0.496 e. The Bertz CT molecular complexity index is 418. The largest absolute Gasteiger partial charge is 0.496 e. The van der Waals surface area contributed by atoms with E-state index in [-0.39, 0.29) is 5.97 Å². The molecule has 0 amide bonds. The summed E-state index contributed by atoms with van der Waals surface area (Å²) in [6.07, 6.45) is 1.12. The maximum atomic E-state index is 11.5. The lowest BCUT2D eigenvalue weighted by molar-refractivity contribution is 0.0600. The number of ether oxygens (including phenoxy) is 2. The van der Waals surface area contributed by atoms with E-state index in [0.29, 0.717) is 5.56 Å². The minimum absolute atomic E-state index is 0.342. The van der Waals surface area contributed by atoms with Gasteiger partial charge in [0.25, 0.3) is 0 Å². The van der Waals surface area contributed by atoms with Gasteiger partial charge in [0.15, 0.2) is 0 Å². The second-order valence-corrected chi connectivity index (χ2v) is 4.39. The summed E-state index contributed by atoms with van der Waals surface area (Å²) in [5, 5.41) is 0. The van der Waals surface area contributed by atoms with Crippen LogP contribution >= 0.6 is 0 Å². The van der Waals surface area contributed by atoms with Crippen LogP contribution in [0.25, 0.3) is 0 Å². The van der Waals surface area contributed by atoms with Crippen LogP contribution in [0.1, 0.15) is 36.2 Å². The van der Waals surface area contributed by atoms with Crippen LogP contribution in [-0.4, -0.2) is 38.2 Å². The molecule has 0 fully saturated rings. The highest BCUT2D eigenvalue weighted by molar-refractivity contribution is 5.89. The Morgan fingerprint density at radius 3 is 2.53 bits per heavy atom. The highest BCUT2D eigenvalue weighted by Crippen LogP contribution is 2.22. The summed E-state index contributed by atoms with van der Waals surface area (Å²) in [7, 11) is 3.00. The average molecular weight is 265 g/mol. The van der Waals surface area contributed by atoms with E-state index in [9.17, 15) is 4.79 Å². The van der Waals surface area contributed by atoms with E-state index < -0.39 is 0 Å². The van der Waals surface area contributed by atoms with E-state index in [1.807, 2.05) is 6.07 Å². The maximum Gasteiger partial charge on any atom is 0.337 e. The standard InChI is InChI=1S/C15H23NO3/c1-5-9-16(6-2)11-13-8-7-12(15(17)19-4)10-14(13)18-3/h7-8,10H,5-6,9,11H2,1-4H3. The van der Waals surface area contributed by atoms with Gasteiger partial charge in [0, 0.05) is 12.1 Å². The lowest BCUT2D eigenvalue weighted by atomic mass is 10.1. The summed E-state index contributed by atoms with van der Waals surface area (Å²) in [5.41, 5.74) is 1.60. The van der Waals surface area contributed by atoms with Crippen LogP contribution in [0.4, 0.5) is 0 Å². The quantitative estimate of drug-likeness (QED) is 0.711. The zero-order chi connectivity index (χ0) is 14.3. The molecule has 0 heterocycles. The molecule has 0 unspecified atom stereocenters. The molecule has 0 aliphatic heterocycles. The SMILES string of the molecule is CCCN(CC)Cc1ccc(C(=O)OC)cc1OC. The van der Waals surface area contributed by atoms with Crippen LogP contribution < -0.4 is 4.74 Å². The first-order chi connectivity index (χ1) is 9.15. The lowest BCUT2D eigenvalue weighted by Crippen LogP contribution is -2.23. The van der Waals surface area contributed by atoms with Crippen molar-refractivity contribution in [3.8, 4) is 5.75 Å². The summed E-state index contributed by atoms with van der Waals surface area (Å²) < 4.78 is 10.1. The highest BCUT2D eigenvalue weighted by atomic mass is 16.5. The second-order valence-electron chi connectivity index (χ2n) is 4.39. The summed E-state index contributed by atoms with van der Waals surface area (Å²) >= 11 is 0. The minimum atomic E-state index is -0.342. The third-order valence-electron chi connectivity index (χ3n) is 3.09. The Hall–Kier alpha value is -1.55. The zero-order valence-corrected chi connectivity index (χ0v) is 12.2. The molecule has 1 aromatic carbocycles. The maximum absolute atomic E-state index is 11.5. The smallest absolute Gasteiger partial charge is 0.337 e. The molecular weight excluding hydrogens is 242 g/mol. The van der Waals surface area contributed by atoms with Gasteiger partial charge < -0.3 is 9.47 Å². The van der Waals surface area contributed by atoms with Gasteiger partial charge in [0.2, 0.25) is 0 Å². The number of hydrogen-bond donors (Lipinski definition) is 0. The van der Waals surface area contributed by atoms with E-state index in [1.165, 1.54) is 7.11 Å². The number of benzene rings is 1. The fraction of sp³-hybridized carbons (Fsp3) is 0.533. The number of hydrogen-bond acceptors (Lipinski definition) is 4. The predicted octanol–water partition coefficient (Wildman–Crippen LogP) is 2.71. The Kier molecular flexibility index (Phi) is 6.36. The van der Waals surface area contributed by atoms with E-state index >= 15 is 0 Å². The predicted molar refractivity (Wildman–Crippen MR) is 75.6 cm³/mol. The van der Waals surface area contributed by atoms with Gasteiger partial charge >= 0.3 is 5.97 Å². The first-order valence-corrected chi connectivity index (χ1v) is 6.63. The van der Waals surface area contributed by atoms with Crippen LogP contribution in [0.5, 0.6) is 5.75 Å². The van der Waals surface area contributed by atoms with Crippen molar-refractivity contribution in [2.45, 2.75) is 26.8 Å². The molecule has 106 valence electrons. The van der Waals surface area contributed by atoms with E-state index in [0.717, 1.165) is 37.4 Å². The van der Waals surface area contributed by atoms with Crippen LogP contribution in [0, 0.1) is 0 Å². The molecule has 0 saturated heterocycles. The van der Waals surface area contributed by atoms with E-state index in [2.05, 4.69) is 18.7 Å². The van der Waals surface area contributed by atoms with Gasteiger partial charge in [-0.2, -0.15) is 0 Å². The number of carbonyl (C=O) groups is 1. The molecule has 0 aliphatic rings. The summed E-state index contributed by atoms with van der Waals surface area (Å²) in [6, 6.07) is 5.45. The number of nitrogens with zero attached hydrogens (tertiary/aromatic N) is 1. The van der Waals surface area contributed by atoms with Crippen molar-refractivity contribution in [1.82, 2.24) is 4.90 Å². The molecule has 0 radical (unpaired) electrons. The molecule has 0 bridgehead atoms. The number of rotatable bonds is 7. The monoisotopic (exact) mass is 265 g/mol. The normalized spacial score (nSPS) is 10.6. The molecule has 1 aromatic rings. The average Bonchev–Trinajstić information content (AvgIpc) is 2.46. The van der Waals surface area contributed by atoms with E-state index in [1.54, 1.807) is 19.2 Å². The highest BCUT2D eigenvalue weighted by Gasteiger charge is 2.12. The molecule has 0 saturated carbocycles. The molecule has 0 aromatic heterocycles. The molecule has 4 heteroatoms. The summed E-state index contributed by atoms with van der Waals surface area (Å²) in [5.74, 6) is 0.392. The summed E-state index contributed by atoms with van der Waals surface area (Å²) in [6.45, 7) is 7.19. The molecule has 0 atom stereocenters. The van der Waals surface area contributed by atoms with Crippen molar-refractivity contribution >= 4 is 5.97 Å². The van der Waals surface area contributed by atoms with Crippen LogP contribution in [-0.2, 0) is 11.3 Å². The first kappa shape index (κ1) is 15.5. The molecule has 1 rings (SSSR count). The molecule has 19 heavy (non-hydrogen) atoms. The Balaban J connectivity index is 2.92. The third-order valence-corrected chi connectivity index (χ3v) is 3.09. The van der Waals surface area contributed by atoms with Crippen molar-refractivity contribution < 1.29 is 14.3 Å². The first-order valence-electron chi connectivity index (χ1n) is 6.63. The Labute approximate surface area is 115 Å². The van der Waals surface area contributed by atoms with Crippen molar-refractivity contribution in [3.05, 3.63) is 29.3 Å². The van der Waals surface area contributed by atoms with Gasteiger partial charge in [-0.1, -0.05) is 19.9 Å². The number of carbonyl (C=O) groups excluding carboxylic acids is 1. The third kappa shape index (κ3) is 4.24.